The van der Waals surface area contributed by atoms with Crippen LogP contribution in [-0.4, -0.2) is 11.4 Å². The number of allylic oxidation sites excluding steroid dienone is 1. The van der Waals surface area contributed by atoms with E-state index in [9.17, 15) is 4.79 Å². The molecule has 24 heavy (non-hydrogen) atoms. The van der Waals surface area contributed by atoms with Gasteiger partial charge in [0.05, 0.1) is 0 Å². The van der Waals surface area contributed by atoms with Gasteiger partial charge in [-0.2, -0.15) is 0 Å². The van der Waals surface area contributed by atoms with E-state index in [1.807, 2.05) is 12.1 Å². The third-order valence-corrected chi connectivity index (χ3v) is 63.0. The summed E-state index contributed by atoms with van der Waals surface area (Å²) in [5.74, 6) is 0.202. The molecule has 1 N–H and O–H groups in total. The molecule has 0 spiro atoms. The molecule has 6 heteroatoms. The Hall–Kier alpha value is 0.0970. The van der Waals surface area contributed by atoms with E-state index in [0.717, 1.165) is 25.7 Å². The van der Waals surface area contributed by atoms with Crippen LogP contribution in [0.25, 0.3) is 6.08 Å². The summed E-state index contributed by atoms with van der Waals surface area (Å²) in [6.45, 7) is 4.33. The van der Waals surface area contributed by atoms with Crippen LogP contribution in [0.4, 0.5) is 0 Å². The van der Waals surface area contributed by atoms with Gasteiger partial charge in [-0.25, -0.2) is 0 Å². The summed E-state index contributed by atoms with van der Waals surface area (Å²) in [5.41, 5.74) is 1.31. The molecule has 2 aliphatic rings. The summed E-state index contributed by atoms with van der Waals surface area (Å²) in [6, 6.07) is 8.27. The van der Waals surface area contributed by atoms with E-state index in [0.29, 0.717) is 0 Å². The molecule has 0 radical (unpaired) electrons. The predicted octanol–water partition coefficient (Wildman–Crippen LogP) is 5.61. The van der Waals surface area contributed by atoms with E-state index in [2.05, 4.69) is 40.7 Å². The number of fused-ring (bicyclic) bond motifs is 1. The average molecular weight is 549 g/mol. The van der Waals surface area contributed by atoms with Gasteiger partial charge in [0.25, 0.3) is 0 Å². The van der Waals surface area contributed by atoms with Crippen LogP contribution >= 0.6 is 17.2 Å². The van der Waals surface area contributed by atoms with Gasteiger partial charge in [-0.3, -0.25) is 0 Å². The Morgan fingerprint density at radius 2 is 1.83 bits per heavy atom. The molecule has 3 rings (SSSR count). The van der Waals surface area contributed by atoms with Crippen LogP contribution < -0.4 is 3.30 Å². The second kappa shape index (κ2) is 7.01. The molecule has 1 aromatic carbocycles. The minimum atomic E-state index is -4.63. The van der Waals surface area contributed by atoms with E-state index in [-0.39, 0.29) is 15.5 Å². The summed E-state index contributed by atoms with van der Waals surface area (Å²) in [5, 5.41) is 0. The third kappa shape index (κ3) is 3.36. The predicted molar refractivity (Wildman–Crippen MR) is 102 cm³/mol. The maximum absolute atomic E-state index is 13.0. The number of amides is 1. The van der Waals surface area contributed by atoms with E-state index >= 15 is 0 Å². The maximum atomic E-state index is 13.0. The molecule has 1 aromatic rings. The number of benzene rings is 1. The van der Waals surface area contributed by atoms with Gasteiger partial charge in [-0.05, 0) is 0 Å². The van der Waals surface area contributed by atoms with Gasteiger partial charge in [0.1, 0.15) is 0 Å². The number of hydrogen-bond acceptors (Lipinski definition) is 1. The SMILES string of the molecule is C[Si](C)=[Hf]([Cl])([Cl])([NH]C(=O)C1CCCCC1)[CH]1C=Cc2ccccc21. The van der Waals surface area contributed by atoms with E-state index < -0.39 is 20.5 Å². The molecule has 1 saturated carbocycles. The molecular weight excluding hydrogens is 524 g/mol. The monoisotopic (exact) mass is 549 g/mol. The fourth-order valence-electron chi connectivity index (χ4n) is 3.90. The molecule has 0 heterocycles. The second-order valence-corrected chi connectivity index (χ2v) is 59.2. The topological polar surface area (TPSA) is 29.1 Å². The Morgan fingerprint density at radius 1 is 1.17 bits per heavy atom. The van der Waals surface area contributed by atoms with Gasteiger partial charge in [0.15, 0.2) is 0 Å². The van der Waals surface area contributed by atoms with Crippen molar-refractivity contribution in [3.63, 3.8) is 0 Å². The molecule has 1 atom stereocenters. The summed E-state index contributed by atoms with van der Waals surface area (Å²) < 4.78 is 3.33. The fourth-order valence-corrected chi connectivity index (χ4v) is 29.3. The van der Waals surface area contributed by atoms with Crippen LogP contribution in [0.5, 0.6) is 0 Å². The first-order chi connectivity index (χ1) is 11.3. The Bertz CT molecular complexity index is 758. The van der Waals surface area contributed by atoms with E-state index in [4.69, 9.17) is 17.2 Å². The van der Waals surface area contributed by atoms with Gasteiger partial charge >= 0.3 is 154 Å². The molecule has 1 fully saturated rings. The van der Waals surface area contributed by atoms with Crippen LogP contribution in [0.2, 0.25) is 13.1 Å². The quantitative estimate of drug-likeness (QED) is 0.489. The molecule has 0 aromatic heterocycles. The third-order valence-electron chi connectivity index (χ3n) is 5.59. The van der Waals surface area contributed by atoms with Gasteiger partial charge in [0.2, 0.25) is 0 Å². The molecule has 0 aliphatic heterocycles. The zero-order chi connectivity index (χ0) is 17.4. The second-order valence-electron chi connectivity index (χ2n) is 7.37. The van der Waals surface area contributed by atoms with Crippen molar-refractivity contribution in [3.05, 3.63) is 41.5 Å². The zero-order valence-corrected chi connectivity index (χ0v) is 20.4. The number of carbonyl (C=O) groups is 1. The minimum absolute atomic E-state index is 0.00189. The molecule has 1 amide bonds. The van der Waals surface area contributed by atoms with Crippen molar-refractivity contribution in [2.45, 2.75) is 48.9 Å². The normalized spacial score (nSPS) is 21.5. The molecular formula is C18H25Cl2HfNOSi. The van der Waals surface area contributed by atoms with Crippen LogP contribution in [0, 0.1) is 5.92 Å². The van der Waals surface area contributed by atoms with Crippen LogP contribution in [0.1, 0.15) is 46.9 Å². The summed E-state index contributed by atoms with van der Waals surface area (Å²) in [4.78, 5) is 13.0. The van der Waals surface area contributed by atoms with Crippen LogP contribution in [0.15, 0.2) is 30.3 Å². The molecule has 2 aliphatic carbocycles. The van der Waals surface area contributed by atoms with E-state index in [1.54, 1.807) is 0 Å². The van der Waals surface area contributed by atoms with Gasteiger partial charge in [0, 0.05) is 0 Å². The average Bonchev–Trinajstić information content (AvgIpc) is 3.00. The van der Waals surface area contributed by atoms with Gasteiger partial charge in [-0.15, -0.1) is 0 Å². The van der Waals surface area contributed by atoms with Crippen molar-refractivity contribution in [3.8, 4) is 0 Å². The Morgan fingerprint density at radius 3 is 2.50 bits per heavy atom. The van der Waals surface area contributed by atoms with Gasteiger partial charge in [-0.1, -0.05) is 0 Å². The first-order valence-corrected chi connectivity index (χ1v) is 29.5. The van der Waals surface area contributed by atoms with Crippen molar-refractivity contribution >= 4 is 34.6 Å². The van der Waals surface area contributed by atoms with Crippen molar-refractivity contribution in [1.29, 1.82) is 0 Å². The number of halogens is 2. The van der Waals surface area contributed by atoms with Gasteiger partial charge < -0.3 is 0 Å². The Labute approximate surface area is 153 Å². The summed E-state index contributed by atoms with van der Waals surface area (Å²) >= 11 is -4.63. The molecule has 130 valence electrons. The molecule has 0 saturated heterocycles. The molecule has 1 unspecified atom stereocenters. The summed E-state index contributed by atoms with van der Waals surface area (Å²) in [7, 11) is 14.6. The number of rotatable bonds is 3. The van der Waals surface area contributed by atoms with Crippen molar-refractivity contribution in [2.24, 2.45) is 5.92 Å². The Balaban J connectivity index is 1.98. The van der Waals surface area contributed by atoms with Crippen molar-refractivity contribution in [2.75, 3.05) is 0 Å². The fraction of sp³-hybridized carbons (Fsp3) is 0.500. The standard InChI is InChI=1S/C9H7.C7H13NO.C2H6Si.2ClH.Hf/c1-2-5-9-7-3-6-8(9)4-1;8-7(9)6-4-2-1-3-5-6;1-3-2;;;/h1-7H;6H,1-5H2,(H2,8,9);1-2H3;2*1H;/q;;;;;+3/p-3. The van der Waals surface area contributed by atoms with E-state index in [1.165, 1.54) is 17.5 Å². The number of hydrogen-bond donors (Lipinski definition) is 1. The first-order valence-electron chi connectivity index (χ1n) is 8.80. The van der Waals surface area contributed by atoms with Crippen LogP contribution in [0.3, 0.4) is 0 Å². The number of carbonyl (C=O) groups excluding carboxylic acids is 1. The van der Waals surface area contributed by atoms with Crippen molar-refractivity contribution < 1.29 is 19.8 Å². The summed E-state index contributed by atoms with van der Waals surface area (Å²) in [6.07, 6.45) is 9.70. The van der Waals surface area contributed by atoms with Crippen LogP contribution in [-0.2, 0) is 19.8 Å². The number of nitrogens with one attached hydrogen (secondary N) is 1. The first kappa shape index (κ1) is 18.9. The molecule has 0 bridgehead atoms. The van der Waals surface area contributed by atoms with Crippen molar-refractivity contribution in [1.82, 2.24) is 3.30 Å². The zero-order valence-electron chi connectivity index (χ0n) is 14.3. The Kier molecular flexibility index (Phi) is 5.52. The molecule has 2 nitrogen and oxygen atoms in total.